The molecule has 2 aliphatic rings. The quantitative estimate of drug-likeness (QED) is 0.789. The molecule has 0 radical (unpaired) electrons. The number of likely N-dealkylation sites (N-methyl/N-ethyl adjacent to an activating group) is 1. The number of rotatable bonds is 4. The van der Waals surface area contributed by atoms with Gasteiger partial charge in [0.25, 0.3) is 0 Å². The van der Waals surface area contributed by atoms with Crippen LogP contribution in [0.2, 0.25) is 0 Å². The molecule has 1 aliphatic carbocycles. The Bertz CT molecular complexity index is 885. The number of H-pyrrole nitrogens is 1. The zero-order chi connectivity index (χ0) is 18.4. The van der Waals surface area contributed by atoms with Gasteiger partial charge in [-0.3, -0.25) is 9.69 Å². The summed E-state index contributed by atoms with van der Waals surface area (Å²) in [5.74, 6) is 0.0571. The summed E-state index contributed by atoms with van der Waals surface area (Å²) in [7, 11) is 2.14. The molecule has 1 aromatic carbocycles. The standard InChI is InChI=1S/C21H26BrN3O/c1-4-6-12(2)23-21(26)13-9-15-14-7-5-8-17-19(14)16(20(22)24-17)10-18(15)25(3)11-13/h5,7-9,12-13,18,24H,4,6,10-11H2,1-3H3,(H,23,26)/t12-,13-,18?/m1/s1. The predicted octanol–water partition coefficient (Wildman–Crippen LogP) is 4.10. The first-order valence-corrected chi connectivity index (χ1v) is 10.3. The molecule has 2 heterocycles. The van der Waals surface area contributed by atoms with Crippen LogP contribution in [-0.2, 0) is 11.2 Å². The van der Waals surface area contributed by atoms with Gasteiger partial charge in [0, 0.05) is 29.5 Å². The maximum absolute atomic E-state index is 12.8. The van der Waals surface area contributed by atoms with Crippen molar-refractivity contribution in [2.45, 2.75) is 45.2 Å². The van der Waals surface area contributed by atoms with E-state index in [1.54, 1.807) is 0 Å². The van der Waals surface area contributed by atoms with Gasteiger partial charge in [0.05, 0.1) is 10.5 Å². The molecule has 0 saturated carbocycles. The maximum Gasteiger partial charge on any atom is 0.228 e. The van der Waals surface area contributed by atoms with E-state index in [1.165, 1.54) is 22.1 Å². The van der Waals surface area contributed by atoms with Crippen molar-refractivity contribution in [3.05, 3.63) is 40.0 Å². The minimum absolute atomic E-state index is 0.0928. The first-order valence-electron chi connectivity index (χ1n) is 9.51. The summed E-state index contributed by atoms with van der Waals surface area (Å²) in [6, 6.07) is 6.98. The molecule has 2 N–H and O–H groups in total. The van der Waals surface area contributed by atoms with E-state index < -0.39 is 0 Å². The van der Waals surface area contributed by atoms with Crippen molar-refractivity contribution in [3.8, 4) is 0 Å². The molecule has 5 heteroatoms. The third-order valence-electron chi connectivity index (χ3n) is 5.79. The molecule has 1 amide bonds. The molecule has 1 aliphatic heterocycles. The van der Waals surface area contributed by atoms with E-state index in [2.05, 4.69) is 76.3 Å². The molecule has 1 aromatic heterocycles. The van der Waals surface area contributed by atoms with E-state index in [0.717, 1.165) is 35.9 Å². The number of benzene rings is 1. The number of aromatic amines is 1. The monoisotopic (exact) mass is 415 g/mol. The Morgan fingerprint density at radius 2 is 2.27 bits per heavy atom. The summed E-state index contributed by atoms with van der Waals surface area (Å²) >= 11 is 3.69. The van der Waals surface area contributed by atoms with Crippen LogP contribution in [0.4, 0.5) is 0 Å². The lowest BCUT2D eigenvalue weighted by Crippen LogP contribution is -2.47. The molecule has 26 heavy (non-hydrogen) atoms. The fourth-order valence-electron chi connectivity index (χ4n) is 4.51. The van der Waals surface area contributed by atoms with Crippen molar-refractivity contribution < 1.29 is 4.79 Å². The van der Waals surface area contributed by atoms with Gasteiger partial charge in [0.1, 0.15) is 0 Å². The minimum Gasteiger partial charge on any atom is -0.353 e. The summed E-state index contributed by atoms with van der Waals surface area (Å²) in [4.78, 5) is 18.6. The van der Waals surface area contributed by atoms with E-state index >= 15 is 0 Å². The number of halogens is 1. The van der Waals surface area contributed by atoms with Gasteiger partial charge in [-0.15, -0.1) is 0 Å². The van der Waals surface area contributed by atoms with Crippen LogP contribution in [-0.4, -0.2) is 41.5 Å². The summed E-state index contributed by atoms with van der Waals surface area (Å²) in [6.45, 7) is 5.01. The fourth-order valence-corrected chi connectivity index (χ4v) is 5.09. The number of carbonyl (C=O) groups is 1. The number of carbonyl (C=O) groups excluding carboxylic acids is 1. The molecule has 1 unspecified atom stereocenters. The van der Waals surface area contributed by atoms with Crippen molar-refractivity contribution >= 4 is 38.3 Å². The van der Waals surface area contributed by atoms with E-state index in [1.807, 2.05) is 0 Å². The average molecular weight is 416 g/mol. The Hall–Kier alpha value is -1.59. The molecule has 0 spiro atoms. The Morgan fingerprint density at radius 3 is 3.04 bits per heavy atom. The van der Waals surface area contributed by atoms with Gasteiger partial charge in [-0.25, -0.2) is 0 Å². The largest absolute Gasteiger partial charge is 0.353 e. The number of fused-ring (bicyclic) bond motifs is 2. The number of nitrogens with zero attached hydrogens (tertiary/aromatic N) is 1. The second kappa shape index (κ2) is 6.86. The third-order valence-corrected chi connectivity index (χ3v) is 6.46. The van der Waals surface area contributed by atoms with Crippen LogP contribution in [0.15, 0.2) is 28.9 Å². The Kier molecular flexibility index (Phi) is 4.70. The lowest BCUT2D eigenvalue weighted by Gasteiger charge is -2.39. The normalized spacial score (nSPS) is 23.5. The topological polar surface area (TPSA) is 48.1 Å². The summed E-state index contributed by atoms with van der Waals surface area (Å²) in [5, 5.41) is 4.49. The zero-order valence-electron chi connectivity index (χ0n) is 15.6. The zero-order valence-corrected chi connectivity index (χ0v) is 17.2. The highest BCUT2D eigenvalue weighted by atomic mass is 79.9. The van der Waals surface area contributed by atoms with E-state index in [4.69, 9.17) is 0 Å². The van der Waals surface area contributed by atoms with Crippen molar-refractivity contribution in [2.24, 2.45) is 5.92 Å². The lowest BCUT2D eigenvalue weighted by atomic mass is 9.79. The van der Waals surface area contributed by atoms with E-state index in [0.29, 0.717) is 6.04 Å². The van der Waals surface area contributed by atoms with Gasteiger partial charge in [-0.1, -0.05) is 31.6 Å². The Labute approximate surface area is 163 Å². The van der Waals surface area contributed by atoms with Crippen molar-refractivity contribution in [3.63, 3.8) is 0 Å². The molecule has 0 bridgehead atoms. The van der Waals surface area contributed by atoms with Crippen LogP contribution in [0, 0.1) is 5.92 Å². The number of nitrogens with one attached hydrogen (secondary N) is 2. The van der Waals surface area contributed by atoms with Crippen LogP contribution >= 0.6 is 15.9 Å². The highest BCUT2D eigenvalue weighted by Crippen LogP contribution is 2.43. The number of hydrogen-bond donors (Lipinski definition) is 2. The van der Waals surface area contributed by atoms with Gasteiger partial charge < -0.3 is 10.3 Å². The van der Waals surface area contributed by atoms with Crippen molar-refractivity contribution in [1.29, 1.82) is 0 Å². The minimum atomic E-state index is -0.0928. The van der Waals surface area contributed by atoms with Gasteiger partial charge in [0.15, 0.2) is 0 Å². The maximum atomic E-state index is 12.8. The number of amides is 1. The molecule has 4 nitrogen and oxygen atoms in total. The van der Waals surface area contributed by atoms with Gasteiger partial charge in [-0.2, -0.15) is 0 Å². The molecule has 3 atom stereocenters. The summed E-state index contributed by atoms with van der Waals surface area (Å²) in [5.41, 5.74) is 5.08. The highest BCUT2D eigenvalue weighted by molar-refractivity contribution is 9.10. The van der Waals surface area contributed by atoms with Gasteiger partial charge >= 0.3 is 0 Å². The SMILES string of the molecule is CCC[C@@H](C)NC(=O)[C@@H]1C=C2c3cccc4[nH]c(Br)c(c34)CC2N(C)C1. The summed E-state index contributed by atoms with van der Waals surface area (Å²) in [6.07, 6.45) is 5.30. The number of hydrogen-bond acceptors (Lipinski definition) is 2. The summed E-state index contributed by atoms with van der Waals surface area (Å²) < 4.78 is 1.08. The molecular formula is C21H26BrN3O. The van der Waals surface area contributed by atoms with Crippen molar-refractivity contribution in [2.75, 3.05) is 13.6 Å². The smallest absolute Gasteiger partial charge is 0.228 e. The van der Waals surface area contributed by atoms with Crippen molar-refractivity contribution in [1.82, 2.24) is 15.2 Å². The molecular weight excluding hydrogens is 390 g/mol. The van der Waals surface area contributed by atoms with Crippen LogP contribution < -0.4 is 5.32 Å². The average Bonchev–Trinajstić information content (AvgIpc) is 2.93. The van der Waals surface area contributed by atoms with Gasteiger partial charge in [0.2, 0.25) is 5.91 Å². The van der Waals surface area contributed by atoms with E-state index in [-0.39, 0.29) is 17.9 Å². The van der Waals surface area contributed by atoms with Gasteiger partial charge in [-0.05, 0) is 65.5 Å². The van der Waals surface area contributed by atoms with Crippen LogP contribution in [0.5, 0.6) is 0 Å². The number of aromatic nitrogens is 1. The molecule has 0 fully saturated rings. The first-order chi connectivity index (χ1) is 12.5. The third kappa shape index (κ3) is 2.91. The van der Waals surface area contributed by atoms with Crippen LogP contribution in [0.1, 0.15) is 37.8 Å². The highest BCUT2D eigenvalue weighted by Gasteiger charge is 2.36. The second-order valence-electron chi connectivity index (χ2n) is 7.73. The fraction of sp³-hybridized carbons (Fsp3) is 0.476. The Balaban J connectivity index is 1.72. The first kappa shape index (κ1) is 17.8. The molecule has 138 valence electrons. The molecule has 2 aromatic rings. The molecule has 4 rings (SSSR count). The van der Waals surface area contributed by atoms with Crippen LogP contribution in [0.25, 0.3) is 16.5 Å². The second-order valence-corrected chi connectivity index (χ2v) is 8.52. The van der Waals surface area contributed by atoms with Crippen LogP contribution in [0.3, 0.4) is 0 Å². The Morgan fingerprint density at radius 1 is 1.46 bits per heavy atom. The predicted molar refractivity (Wildman–Crippen MR) is 110 cm³/mol. The lowest BCUT2D eigenvalue weighted by molar-refractivity contribution is -0.124. The van der Waals surface area contributed by atoms with E-state index in [9.17, 15) is 4.79 Å². The molecule has 0 saturated heterocycles.